The van der Waals surface area contributed by atoms with Crippen LogP contribution in [0, 0.1) is 0 Å². The van der Waals surface area contributed by atoms with E-state index in [2.05, 4.69) is 5.32 Å². The third kappa shape index (κ3) is 3.62. The maximum atomic E-state index is 13.5. The summed E-state index contributed by atoms with van der Waals surface area (Å²) in [6, 6.07) is 8.23. The number of ether oxygens (including phenoxy) is 2. The van der Waals surface area contributed by atoms with Crippen molar-refractivity contribution in [1.82, 2.24) is 10.2 Å². The molecule has 2 aromatic carbocycles. The third-order valence-electron chi connectivity index (χ3n) is 5.60. The number of hydrogen-bond donors (Lipinski definition) is 1. The minimum Gasteiger partial charge on any atom is -0.493 e. The summed E-state index contributed by atoms with van der Waals surface area (Å²) in [7, 11) is 3.04. The second-order valence-electron chi connectivity index (χ2n) is 7.92. The first-order valence-electron chi connectivity index (χ1n) is 9.66. The van der Waals surface area contributed by atoms with Crippen LogP contribution in [-0.2, 0) is 11.3 Å². The number of nitrogens with one attached hydrogen (secondary N) is 1. The molecule has 1 N–H and O–H groups in total. The first kappa shape index (κ1) is 22.1. The lowest BCUT2D eigenvalue weighted by molar-refractivity contribution is -0.126. The van der Waals surface area contributed by atoms with Crippen molar-refractivity contribution in [2.75, 3.05) is 14.2 Å². The number of amides is 2. The van der Waals surface area contributed by atoms with Gasteiger partial charge in [-0.15, -0.1) is 11.8 Å². The number of rotatable bonds is 5. The Morgan fingerprint density at radius 3 is 2.55 bits per heavy atom. The molecule has 2 aliphatic rings. The fourth-order valence-corrected chi connectivity index (χ4v) is 6.09. The van der Waals surface area contributed by atoms with E-state index in [9.17, 15) is 9.59 Å². The molecule has 2 aromatic rings. The van der Waals surface area contributed by atoms with Gasteiger partial charge in [-0.1, -0.05) is 35.3 Å². The average molecular weight is 481 g/mol. The quantitative estimate of drug-likeness (QED) is 0.672. The molecule has 4 rings (SSSR count). The predicted octanol–water partition coefficient (Wildman–Crippen LogP) is 4.68. The van der Waals surface area contributed by atoms with Gasteiger partial charge in [-0.05, 0) is 37.6 Å². The van der Waals surface area contributed by atoms with Crippen LogP contribution in [0.2, 0.25) is 10.0 Å². The van der Waals surface area contributed by atoms with Gasteiger partial charge in [0.05, 0.1) is 29.8 Å². The van der Waals surface area contributed by atoms with Crippen molar-refractivity contribution >= 4 is 46.8 Å². The summed E-state index contributed by atoms with van der Waals surface area (Å²) < 4.78 is 10.4. The van der Waals surface area contributed by atoms with Gasteiger partial charge in [0, 0.05) is 16.9 Å². The number of methoxy groups -OCH3 is 2. The van der Waals surface area contributed by atoms with E-state index >= 15 is 0 Å². The molecule has 0 aromatic heterocycles. The molecule has 0 aliphatic carbocycles. The fraction of sp³-hybridized carbons (Fsp3) is 0.364. The van der Waals surface area contributed by atoms with Crippen molar-refractivity contribution in [3.05, 3.63) is 57.1 Å². The molecule has 0 saturated carbocycles. The van der Waals surface area contributed by atoms with Crippen molar-refractivity contribution in [2.45, 2.75) is 36.6 Å². The second-order valence-corrected chi connectivity index (χ2v) is 10.5. The molecule has 2 amide bonds. The first-order valence-corrected chi connectivity index (χ1v) is 11.3. The van der Waals surface area contributed by atoms with Crippen molar-refractivity contribution in [1.29, 1.82) is 0 Å². The predicted molar refractivity (Wildman–Crippen MR) is 122 cm³/mol. The zero-order valence-corrected chi connectivity index (χ0v) is 19.8. The third-order valence-corrected chi connectivity index (χ3v) is 7.87. The Hall–Kier alpha value is -2.09. The summed E-state index contributed by atoms with van der Waals surface area (Å²) in [5.41, 5.74) is 2.11. The standard InChI is InChI=1S/C22H22Cl2N2O4S/c1-22(2)18(19(27)25-10-11-5-7-13(23)14(24)9-11)26-20(28)16-12(21(26)31-22)6-8-15(29-3)17(16)30-4/h5-9,18,21H,10H2,1-4H3,(H,25,27). The molecule has 0 bridgehead atoms. The Bertz CT molecular complexity index is 1080. The van der Waals surface area contributed by atoms with E-state index < -0.39 is 10.8 Å². The highest BCUT2D eigenvalue weighted by molar-refractivity contribution is 8.01. The SMILES string of the molecule is COc1ccc2c(c1OC)C(=O)N1C2SC(C)(C)C1C(=O)NCc1ccc(Cl)c(Cl)c1. The van der Waals surface area contributed by atoms with Gasteiger partial charge < -0.3 is 19.7 Å². The maximum absolute atomic E-state index is 13.5. The first-order chi connectivity index (χ1) is 14.7. The number of fused-ring (bicyclic) bond motifs is 3. The van der Waals surface area contributed by atoms with E-state index in [0.717, 1.165) is 11.1 Å². The smallest absolute Gasteiger partial charge is 0.260 e. The van der Waals surface area contributed by atoms with Crippen LogP contribution in [0.1, 0.15) is 40.7 Å². The monoisotopic (exact) mass is 480 g/mol. The number of carbonyl (C=O) groups excluding carboxylic acids is 2. The minimum absolute atomic E-state index is 0.224. The van der Waals surface area contributed by atoms with Crippen molar-refractivity contribution in [3.8, 4) is 11.5 Å². The zero-order valence-electron chi connectivity index (χ0n) is 17.5. The molecule has 1 fully saturated rings. The Labute approximate surface area is 195 Å². The molecule has 1 saturated heterocycles. The van der Waals surface area contributed by atoms with Gasteiger partial charge in [0.2, 0.25) is 5.91 Å². The summed E-state index contributed by atoms with van der Waals surface area (Å²) in [4.78, 5) is 28.4. The number of carbonyl (C=O) groups is 2. The molecular weight excluding hydrogens is 459 g/mol. The highest BCUT2D eigenvalue weighted by Gasteiger charge is 2.58. The number of halogens is 2. The van der Waals surface area contributed by atoms with Crippen LogP contribution in [-0.4, -0.2) is 41.7 Å². The molecule has 2 heterocycles. The van der Waals surface area contributed by atoms with Gasteiger partial charge in [0.1, 0.15) is 11.4 Å². The van der Waals surface area contributed by atoms with E-state index in [1.165, 1.54) is 14.2 Å². The van der Waals surface area contributed by atoms with E-state index in [-0.39, 0.29) is 23.7 Å². The zero-order chi connectivity index (χ0) is 22.5. The van der Waals surface area contributed by atoms with E-state index in [4.69, 9.17) is 32.7 Å². The maximum Gasteiger partial charge on any atom is 0.260 e. The molecule has 2 aliphatic heterocycles. The Balaban J connectivity index is 1.62. The van der Waals surface area contributed by atoms with Crippen LogP contribution in [0.25, 0.3) is 0 Å². The number of nitrogens with zero attached hydrogens (tertiary/aromatic N) is 1. The van der Waals surface area contributed by atoms with Crippen molar-refractivity contribution in [3.63, 3.8) is 0 Å². The minimum atomic E-state index is -0.652. The van der Waals surface area contributed by atoms with E-state index in [1.807, 2.05) is 19.9 Å². The summed E-state index contributed by atoms with van der Waals surface area (Å²) in [6.07, 6.45) is 0. The number of benzene rings is 2. The Morgan fingerprint density at radius 2 is 1.90 bits per heavy atom. The van der Waals surface area contributed by atoms with E-state index in [1.54, 1.807) is 40.9 Å². The van der Waals surface area contributed by atoms with Gasteiger partial charge in [0.15, 0.2) is 11.5 Å². The van der Waals surface area contributed by atoms with Crippen LogP contribution >= 0.6 is 35.0 Å². The molecule has 0 spiro atoms. The lowest BCUT2D eigenvalue weighted by Gasteiger charge is -2.29. The van der Waals surface area contributed by atoms with E-state index in [0.29, 0.717) is 27.1 Å². The summed E-state index contributed by atoms with van der Waals surface area (Å²) in [5.74, 6) is 0.426. The lowest BCUT2D eigenvalue weighted by atomic mass is 10.0. The number of thioether (sulfide) groups is 1. The molecular formula is C22H22Cl2N2O4S. The Kier molecular flexibility index (Phi) is 5.79. The topological polar surface area (TPSA) is 67.9 Å². The van der Waals surface area contributed by atoms with Crippen LogP contribution in [0.3, 0.4) is 0 Å². The fourth-order valence-electron chi connectivity index (χ4n) is 4.19. The molecule has 2 unspecified atom stereocenters. The molecule has 31 heavy (non-hydrogen) atoms. The highest BCUT2D eigenvalue weighted by Crippen LogP contribution is 2.58. The molecule has 0 radical (unpaired) electrons. The largest absolute Gasteiger partial charge is 0.493 e. The van der Waals surface area contributed by atoms with Crippen LogP contribution < -0.4 is 14.8 Å². The highest BCUT2D eigenvalue weighted by atomic mass is 35.5. The van der Waals surface area contributed by atoms with Gasteiger partial charge in [0.25, 0.3) is 5.91 Å². The molecule has 9 heteroatoms. The van der Waals surface area contributed by atoms with Crippen molar-refractivity contribution in [2.24, 2.45) is 0 Å². The van der Waals surface area contributed by atoms with Gasteiger partial charge in [-0.25, -0.2) is 0 Å². The second kappa shape index (κ2) is 8.11. The van der Waals surface area contributed by atoms with Gasteiger partial charge >= 0.3 is 0 Å². The summed E-state index contributed by atoms with van der Waals surface area (Å²) in [5, 5.41) is 3.57. The van der Waals surface area contributed by atoms with Crippen molar-refractivity contribution < 1.29 is 19.1 Å². The summed E-state index contributed by atoms with van der Waals surface area (Å²) >= 11 is 13.6. The molecule has 164 valence electrons. The Morgan fingerprint density at radius 1 is 1.16 bits per heavy atom. The molecule has 6 nitrogen and oxygen atoms in total. The molecule has 2 atom stereocenters. The number of hydrogen-bond acceptors (Lipinski definition) is 5. The summed E-state index contributed by atoms with van der Waals surface area (Å²) in [6.45, 7) is 4.24. The van der Waals surface area contributed by atoms with Crippen LogP contribution in [0.5, 0.6) is 11.5 Å². The van der Waals surface area contributed by atoms with Crippen LogP contribution in [0.4, 0.5) is 0 Å². The van der Waals surface area contributed by atoms with Gasteiger partial charge in [-0.2, -0.15) is 0 Å². The van der Waals surface area contributed by atoms with Gasteiger partial charge in [-0.3, -0.25) is 9.59 Å². The van der Waals surface area contributed by atoms with Crippen LogP contribution in [0.15, 0.2) is 30.3 Å². The average Bonchev–Trinajstić information content (AvgIpc) is 3.17. The normalized spacial score (nSPS) is 21.0. The lowest BCUT2D eigenvalue weighted by Crippen LogP contribution is -2.52.